The molecule has 0 radical (unpaired) electrons. The van der Waals surface area contributed by atoms with Crippen LogP contribution in [0, 0.1) is 5.92 Å². The van der Waals surface area contributed by atoms with Crippen LogP contribution in [0.5, 0.6) is 0 Å². The van der Waals surface area contributed by atoms with Crippen molar-refractivity contribution in [2.75, 3.05) is 0 Å². The average molecular weight is 184 g/mol. The van der Waals surface area contributed by atoms with Gasteiger partial charge in [0.2, 0.25) is 0 Å². The van der Waals surface area contributed by atoms with Crippen LogP contribution in [-0.2, 0) is 6.42 Å². The predicted molar refractivity (Wildman–Crippen MR) is 52.4 cm³/mol. The van der Waals surface area contributed by atoms with Crippen LogP contribution < -0.4 is 0 Å². The number of hydrogen-bond acceptors (Lipinski definition) is 1. The zero-order valence-corrected chi connectivity index (χ0v) is 8.30. The molecule has 0 aliphatic rings. The first-order valence-electron chi connectivity index (χ1n) is 4.32. The Morgan fingerprint density at radius 2 is 2.25 bits per heavy atom. The molecule has 1 aromatic rings. The lowest BCUT2D eigenvalue weighted by molar-refractivity contribution is 0.559. The highest BCUT2D eigenvalue weighted by atomic mass is 35.5. The van der Waals surface area contributed by atoms with Crippen molar-refractivity contribution >= 4 is 11.6 Å². The van der Waals surface area contributed by atoms with E-state index in [1.54, 1.807) is 0 Å². The SMILES string of the molecule is CCC(C)Cc1ccc(Cl)nc1. The van der Waals surface area contributed by atoms with Crippen molar-refractivity contribution < 1.29 is 0 Å². The van der Waals surface area contributed by atoms with E-state index in [1.165, 1.54) is 12.0 Å². The van der Waals surface area contributed by atoms with E-state index in [9.17, 15) is 0 Å². The van der Waals surface area contributed by atoms with Crippen molar-refractivity contribution in [3.63, 3.8) is 0 Å². The standard InChI is InChI=1S/C10H14ClN/c1-3-8(2)6-9-4-5-10(11)12-7-9/h4-5,7-8H,3,6H2,1-2H3. The van der Waals surface area contributed by atoms with Crippen LogP contribution in [0.1, 0.15) is 25.8 Å². The smallest absolute Gasteiger partial charge is 0.129 e. The second-order valence-electron chi connectivity index (χ2n) is 3.21. The van der Waals surface area contributed by atoms with Gasteiger partial charge in [-0.2, -0.15) is 0 Å². The number of rotatable bonds is 3. The molecule has 0 amide bonds. The van der Waals surface area contributed by atoms with Gasteiger partial charge in [-0.25, -0.2) is 4.98 Å². The summed E-state index contributed by atoms with van der Waals surface area (Å²) in [6.07, 6.45) is 4.16. The number of aromatic nitrogens is 1. The van der Waals surface area contributed by atoms with E-state index in [0.717, 1.165) is 12.3 Å². The molecule has 0 fully saturated rings. The first-order valence-corrected chi connectivity index (χ1v) is 4.70. The topological polar surface area (TPSA) is 12.9 Å². The molecule has 1 nitrogen and oxygen atoms in total. The predicted octanol–water partition coefficient (Wildman–Crippen LogP) is 3.32. The summed E-state index contributed by atoms with van der Waals surface area (Å²) in [5.74, 6) is 0.730. The summed E-state index contributed by atoms with van der Waals surface area (Å²) >= 11 is 5.67. The van der Waals surface area contributed by atoms with E-state index in [0.29, 0.717) is 5.15 Å². The summed E-state index contributed by atoms with van der Waals surface area (Å²) in [5.41, 5.74) is 1.27. The van der Waals surface area contributed by atoms with E-state index in [4.69, 9.17) is 11.6 Å². The average Bonchev–Trinajstić information content (AvgIpc) is 2.09. The zero-order chi connectivity index (χ0) is 8.97. The van der Waals surface area contributed by atoms with Gasteiger partial charge in [-0.1, -0.05) is 37.9 Å². The zero-order valence-electron chi connectivity index (χ0n) is 7.55. The van der Waals surface area contributed by atoms with Gasteiger partial charge in [0.25, 0.3) is 0 Å². The van der Waals surface area contributed by atoms with Gasteiger partial charge in [-0.3, -0.25) is 0 Å². The molecule has 0 aromatic carbocycles. The summed E-state index contributed by atoms with van der Waals surface area (Å²) in [5, 5.41) is 0.572. The van der Waals surface area contributed by atoms with Gasteiger partial charge in [-0.15, -0.1) is 0 Å². The maximum Gasteiger partial charge on any atom is 0.129 e. The molecule has 0 aliphatic carbocycles. The van der Waals surface area contributed by atoms with E-state index < -0.39 is 0 Å². The third-order valence-electron chi connectivity index (χ3n) is 2.07. The molecule has 2 heteroatoms. The van der Waals surface area contributed by atoms with Crippen molar-refractivity contribution in [3.05, 3.63) is 29.0 Å². The fourth-order valence-corrected chi connectivity index (χ4v) is 1.19. The van der Waals surface area contributed by atoms with E-state index in [2.05, 4.69) is 18.8 Å². The van der Waals surface area contributed by atoms with Gasteiger partial charge in [0.15, 0.2) is 0 Å². The van der Waals surface area contributed by atoms with Gasteiger partial charge >= 0.3 is 0 Å². The second kappa shape index (κ2) is 4.46. The largest absolute Gasteiger partial charge is 0.244 e. The minimum absolute atomic E-state index is 0.572. The minimum Gasteiger partial charge on any atom is -0.244 e. The fourth-order valence-electron chi connectivity index (χ4n) is 1.07. The summed E-state index contributed by atoms with van der Waals surface area (Å²) in [6, 6.07) is 3.89. The molecule has 0 saturated carbocycles. The molecule has 0 N–H and O–H groups in total. The van der Waals surface area contributed by atoms with Gasteiger partial charge in [-0.05, 0) is 24.0 Å². The van der Waals surface area contributed by atoms with E-state index in [-0.39, 0.29) is 0 Å². The Morgan fingerprint density at radius 1 is 1.50 bits per heavy atom. The molecule has 1 aromatic heterocycles. The summed E-state index contributed by atoms with van der Waals surface area (Å²) in [6.45, 7) is 4.45. The van der Waals surface area contributed by atoms with Crippen LogP contribution in [0.4, 0.5) is 0 Å². The van der Waals surface area contributed by atoms with Crippen LogP contribution in [0.3, 0.4) is 0 Å². The first-order chi connectivity index (χ1) is 5.72. The fraction of sp³-hybridized carbons (Fsp3) is 0.500. The molecule has 1 atom stereocenters. The van der Waals surface area contributed by atoms with Crippen molar-refractivity contribution in [1.29, 1.82) is 0 Å². The van der Waals surface area contributed by atoms with Crippen LogP contribution in [0.2, 0.25) is 5.15 Å². The molecule has 1 heterocycles. The summed E-state index contributed by atoms with van der Waals surface area (Å²) in [7, 11) is 0. The lowest BCUT2D eigenvalue weighted by atomic mass is 10.0. The van der Waals surface area contributed by atoms with Crippen LogP contribution >= 0.6 is 11.6 Å². The Morgan fingerprint density at radius 3 is 2.75 bits per heavy atom. The highest BCUT2D eigenvalue weighted by Gasteiger charge is 2.00. The highest BCUT2D eigenvalue weighted by molar-refractivity contribution is 6.29. The lowest BCUT2D eigenvalue weighted by Crippen LogP contribution is -1.97. The normalized spacial score (nSPS) is 12.9. The Kier molecular flexibility index (Phi) is 3.54. The van der Waals surface area contributed by atoms with Gasteiger partial charge in [0, 0.05) is 6.20 Å². The molecule has 12 heavy (non-hydrogen) atoms. The second-order valence-corrected chi connectivity index (χ2v) is 3.59. The summed E-state index contributed by atoms with van der Waals surface area (Å²) < 4.78 is 0. The Hall–Kier alpha value is -0.560. The van der Waals surface area contributed by atoms with Gasteiger partial charge < -0.3 is 0 Å². The Bertz CT molecular complexity index is 230. The van der Waals surface area contributed by atoms with Gasteiger partial charge in [0.05, 0.1) is 0 Å². The number of pyridine rings is 1. The molecule has 0 bridgehead atoms. The van der Waals surface area contributed by atoms with Crippen molar-refractivity contribution in [2.45, 2.75) is 26.7 Å². The number of nitrogens with zero attached hydrogens (tertiary/aromatic N) is 1. The van der Waals surface area contributed by atoms with Crippen molar-refractivity contribution in [3.8, 4) is 0 Å². The third-order valence-corrected chi connectivity index (χ3v) is 2.29. The molecular formula is C10H14ClN. The van der Waals surface area contributed by atoms with E-state index in [1.807, 2.05) is 18.3 Å². The molecule has 0 aliphatic heterocycles. The molecular weight excluding hydrogens is 170 g/mol. The van der Waals surface area contributed by atoms with Crippen LogP contribution in [0.15, 0.2) is 18.3 Å². The Labute approximate surface area is 78.8 Å². The van der Waals surface area contributed by atoms with Crippen LogP contribution in [0.25, 0.3) is 0 Å². The maximum absolute atomic E-state index is 5.67. The van der Waals surface area contributed by atoms with Gasteiger partial charge in [0.1, 0.15) is 5.15 Å². The summed E-state index contributed by atoms with van der Waals surface area (Å²) in [4.78, 5) is 4.03. The third kappa shape index (κ3) is 2.82. The van der Waals surface area contributed by atoms with E-state index >= 15 is 0 Å². The van der Waals surface area contributed by atoms with Crippen molar-refractivity contribution in [1.82, 2.24) is 4.98 Å². The Balaban J connectivity index is 2.58. The number of halogens is 1. The first kappa shape index (κ1) is 9.53. The quantitative estimate of drug-likeness (QED) is 0.656. The van der Waals surface area contributed by atoms with Crippen LogP contribution in [-0.4, -0.2) is 4.98 Å². The highest BCUT2D eigenvalue weighted by Crippen LogP contribution is 2.12. The molecule has 0 saturated heterocycles. The molecule has 66 valence electrons. The molecule has 1 rings (SSSR count). The minimum atomic E-state index is 0.572. The lowest BCUT2D eigenvalue weighted by Gasteiger charge is -2.06. The van der Waals surface area contributed by atoms with Crippen molar-refractivity contribution in [2.24, 2.45) is 5.92 Å². The monoisotopic (exact) mass is 183 g/mol. The number of hydrogen-bond donors (Lipinski definition) is 0. The molecule has 0 spiro atoms. The molecule has 1 unspecified atom stereocenters. The maximum atomic E-state index is 5.67.